The van der Waals surface area contributed by atoms with Crippen LogP contribution in [0.5, 0.6) is 0 Å². The van der Waals surface area contributed by atoms with Crippen molar-refractivity contribution in [3.63, 3.8) is 0 Å². The zero-order chi connectivity index (χ0) is 14.5. The van der Waals surface area contributed by atoms with Crippen molar-refractivity contribution in [3.05, 3.63) is 34.3 Å². The van der Waals surface area contributed by atoms with Crippen molar-refractivity contribution in [2.45, 2.75) is 32.7 Å². The fraction of sp³-hybridized carbons (Fsp3) is 0.429. The van der Waals surface area contributed by atoms with Crippen molar-refractivity contribution >= 4 is 27.7 Å². The molecule has 0 atom stereocenters. The molecule has 19 heavy (non-hydrogen) atoms. The molecule has 0 radical (unpaired) electrons. The minimum absolute atomic E-state index is 0.00407. The van der Waals surface area contributed by atoms with Crippen LogP contribution in [0.4, 0.5) is 0 Å². The average molecular weight is 327 g/mol. The van der Waals surface area contributed by atoms with E-state index in [2.05, 4.69) is 26.6 Å². The molecule has 1 aromatic rings. The SMILES string of the molecule is CC(C)(C)NC(=O)CNC(=O)Cc1cccc(Br)c1. The van der Waals surface area contributed by atoms with Crippen molar-refractivity contribution in [1.29, 1.82) is 0 Å². The topological polar surface area (TPSA) is 58.2 Å². The van der Waals surface area contributed by atoms with E-state index in [1.807, 2.05) is 45.0 Å². The first-order valence-electron chi connectivity index (χ1n) is 6.08. The number of carbonyl (C=O) groups is 2. The third-order valence-corrected chi connectivity index (χ3v) is 2.71. The predicted octanol–water partition coefficient (Wildman–Crippen LogP) is 2.02. The fourth-order valence-electron chi connectivity index (χ4n) is 1.54. The molecule has 0 bridgehead atoms. The van der Waals surface area contributed by atoms with Crippen LogP contribution in [-0.4, -0.2) is 23.9 Å². The molecular weight excluding hydrogens is 308 g/mol. The van der Waals surface area contributed by atoms with Gasteiger partial charge in [0.25, 0.3) is 0 Å². The van der Waals surface area contributed by atoms with Gasteiger partial charge in [-0.3, -0.25) is 9.59 Å². The zero-order valence-corrected chi connectivity index (χ0v) is 13.0. The Hall–Kier alpha value is -1.36. The predicted molar refractivity (Wildman–Crippen MR) is 78.8 cm³/mol. The van der Waals surface area contributed by atoms with E-state index in [4.69, 9.17) is 0 Å². The molecule has 1 rings (SSSR count). The normalized spacial score (nSPS) is 10.9. The summed E-state index contributed by atoms with van der Waals surface area (Å²) in [7, 11) is 0. The first kappa shape index (κ1) is 15.7. The second kappa shape index (κ2) is 6.70. The summed E-state index contributed by atoms with van der Waals surface area (Å²) in [5.41, 5.74) is 0.620. The van der Waals surface area contributed by atoms with Crippen molar-refractivity contribution < 1.29 is 9.59 Å². The lowest BCUT2D eigenvalue weighted by atomic mass is 10.1. The number of hydrogen-bond acceptors (Lipinski definition) is 2. The Labute approximate surface area is 122 Å². The number of rotatable bonds is 4. The highest BCUT2D eigenvalue weighted by atomic mass is 79.9. The quantitative estimate of drug-likeness (QED) is 0.889. The molecule has 0 spiro atoms. The van der Waals surface area contributed by atoms with Gasteiger partial charge in [-0.15, -0.1) is 0 Å². The largest absolute Gasteiger partial charge is 0.350 e. The lowest BCUT2D eigenvalue weighted by Crippen LogP contribution is -2.46. The maximum atomic E-state index is 11.7. The number of nitrogens with one attached hydrogen (secondary N) is 2. The average Bonchev–Trinajstić information content (AvgIpc) is 2.24. The van der Waals surface area contributed by atoms with Gasteiger partial charge in [0.15, 0.2) is 0 Å². The number of carbonyl (C=O) groups excluding carboxylic acids is 2. The van der Waals surface area contributed by atoms with E-state index in [0.29, 0.717) is 0 Å². The van der Waals surface area contributed by atoms with Crippen molar-refractivity contribution in [1.82, 2.24) is 10.6 Å². The molecule has 2 N–H and O–H groups in total. The molecule has 0 aromatic heterocycles. The van der Waals surface area contributed by atoms with Crippen LogP contribution in [0.15, 0.2) is 28.7 Å². The Morgan fingerprint density at radius 1 is 1.21 bits per heavy atom. The summed E-state index contributed by atoms with van der Waals surface area (Å²) in [4.78, 5) is 23.2. The van der Waals surface area contributed by atoms with Crippen LogP contribution in [0.2, 0.25) is 0 Å². The second-order valence-corrected chi connectivity index (χ2v) is 6.30. The van der Waals surface area contributed by atoms with E-state index in [-0.39, 0.29) is 30.3 Å². The maximum absolute atomic E-state index is 11.7. The van der Waals surface area contributed by atoms with Gasteiger partial charge in [-0.1, -0.05) is 28.1 Å². The summed E-state index contributed by atoms with van der Waals surface area (Å²) >= 11 is 3.35. The third kappa shape index (κ3) is 6.96. The third-order valence-electron chi connectivity index (χ3n) is 2.21. The van der Waals surface area contributed by atoms with Gasteiger partial charge in [0, 0.05) is 10.0 Å². The molecule has 0 unspecified atom stereocenters. The van der Waals surface area contributed by atoms with E-state index in [1.165, 1.54) is 0 Å². The second-order valence-electron chi connectivity index (χ2n) is 5.38. The molecule has 0 saturated carbocycles. The Kier molecular flexibility index (Phi) is 5.54. The van der Waals surface area contributed by atoms with E-state index < -0.39 is 0 Å². The van der Waals surface area contributed by atoms with Crippen LogP contribution in [-0.2, 0) is 16.0 Å². The van der Waals surface area contributed by atoms with Crippen LogP contribution in [0.25, 0.3) is 0 Å². The number of hydrogen-bond donors (Lipinski definition) is 2. The van der Waals surface area contributed by atoms with Gasteiger partial charge >= 0.3 is 0 Å². The van der Waals surface area contributed by atoms with E-state index in [9.17, 15) is 9.59 Å². The van der Waals surface area contributed by atoms with Crippen molar-refractivity contribution in [3.8, 4) is 0 Å². The van der Waals surface area contributed by atoms with Gasteiger partial charge in [-0.25, -0.2) is 0 Å². The molecule has 2 amide bonds. The van der Waals surface area contributed by atoms with Gasteiger partial charge < -0.3 is 10.6 Å². The molecule has 104 valence electrons. The van der Waals surface area contributed by atoms with Gasteiger partial charge in [0.1, 0.15) is 0 Å². The van der Waals surface area contributed by atoms with E-state index in [1.54, 1.807) is 0 Å². The summed E-state index contributed by atoms with van der Waals surface area (Å²) < 4.78 is 0.934. The summed E-state index contributed by atoms with van der Waals surface area (Å²) in [6, 6.07) is 7.53. The lowest BCUT2D eigenvalue weighted by Gasteiger charge is -2.20. The van der Waals surface area contributed by atoms with Crippen molar-refractivity contribution in [2.24, 2.45) is 0 Å². The van der Waals surface area contributed by atoms with E-state index >= 15 is 0 Å². The molecular formula is C14H19BrN2O2. The molecule has 0 aliphatic carbocycles. The minimum atomic E-state index is -0.286. The molecule has 0 aliphatic heterocycles. The van der Waals surface area contributed by atoms with Gasteiger partial charge in [0.2, 0.25) is 11.8 Å². The van der Waals surface area contributed by atoms with Crippen LogP contribution in [0.3, 0.4) is 0 Å². The first-order chi connectivity index (χ1) is 8.76. The Bertz CT molecular complexity index is 467. The van der Waals surface area contributed by atoms with Gasteiger partial charge in [0.05, 0.1) is 13.0 Å². The lowest BCUT2D eigenvalue weighted by molar-refractivity contribution is -0.126. The maximum Gasteiger partial charge on any atom is 0.239 e. The minimum Gasteiger partial charge on any atom is -0.350 e. The molecule has 4 nitrogen and oxygen atoms in total. The first-order valence-corrected chi connectivity index (χ1v) is 6.88. The monoisotopic (exact) mass is 326 g/mol. The van der Waals surface area contributed by atoms with Crippen LogP contribution >= 0.6 is 15.9 Å². The smallest absolute Gasteiger partial charge is 0.239 e. The Morgan fingerprint density at radius 3 is 2.47 bits per heavy atom. The molecule has 0 saturated heterocycles. The molecule has 0 heterocycles. The highest BCUT2D eigenvalue weighted by Gasteiger charge is 2.14. The molecule has 0 fully saturated rings. The summed E-state index contributed by atoms with van der Waals surface area (Å²) in [5.74, 6) is -0.350. The summed E-state index contributed by atoms with van der Waals surface area (Å²) in [6.45, 7) is 5.70. The summed E-state index contributed by atoms with van der Waals surface area (Å²) in [5, 5.41) is 5.39. The van der Waals surface area contributed by atoms with Gasteiger partial charge in [-0.2, -0.15) is 0 Å². The van der Waals surface area contributed by atoms with Crippen LogP contribution in [0, 0.1) is 0 Å². The highest BCUT2D eigenvalue weighted by Crippen LogP contribution is 2.11. The number of benzene rings is 1. The highest BCUT2D eigenvalue weighted by molar-refractivity contribution is 9.10. The summed E-state index contributed by atoms with van der Waals surface area (Å²) in [6.07, 6.45) is 0.266. The van der Waals surface area contributed by atoms with Crippen LogP contribution < -0.4 is 10.6 Å². The van der Waals surface area contributed by atoms with Crippen molar-refractivity contribution in [2.75, 3.05) is 6.54 Å². The Morgan fingerprint density at radius 2 is 1.89 bits per heavy atom. The molecule has 1 aromatic carbocycles. The fourth-order valence-corrected chi connectivity index (χ4v) is 1.98. The molecule has 5 heteroatoms. The van der Waals surface area contributed by atoms with Gasteiger partial charge in [-0.05, 0) is 38.5 Å². The number of amides is 2. The molecule has 0 aliphatic rings. The van der Waals surface area contributed by atoms with Crippen LogP contribution in [0.1, 0.15) is 26.3 Å². The van der Waals surface area contributed by atoms with E-state index in [0.717, 1.165) is 10.0 Å². The Balaban J connectivity index is 2.38. The standard InChI is InChI=1S/C14H19BrN2O2/c1-14(2,3)17-13(19)9-16-12(18)8-10-5-4-6-11(15)7-10/h4-7H,8-9H2,1-3H3,(H,16,18)(H,17,19). The number of halogens is 1. The zero-order valence-electron chi connectivity index (χ0n) is 11.4.